The van der Waals surface area contributed by atoms with E-state index in [1.54, 1.807) is 17.8 Å². The molecule has 0 aromatic carbocycles. The van der Waals surface area contributed by atoms with Crippen LogP contribution in [0.4, 0.5) is 11.6 Å². The molecule has 2 rings (SSSR count). The third kappa shape index (κ3) is 4.43. The average Bonchev–Trinajstić information content (AvgIpc) is 3.10. The zero-order valence-electron chi connectivity index (χ0n) is 14.2. The van der Waals surface area contributed by atoms with Gasteiger partial charge in [0.05, 0.1) is 11.5 Å². The van der Waals surface area contributed by atoms with Gasteiger partial charge in [-0.05, 0) is 6.07 Å². The fourth-order valence-corrected chi connectivity index (χ4v) is 2.14. The lowest BCUT2D eigenvalue weighted by atomic mass is 10.3. The number of anilines is 2. The number of aromatic nitrogens is 4. The van der Waals surface area contributed by atoms with Gasteiger partial charge >= 0.3 is 0 Å². The van der Waals surface area contributed by atoms with Crippen LogP contribution < -0.4 is 21.7 Å². The third-order valence-corrected chi connectivity index (χ3v) is 3.33. The largest absolute Gasteiger partial charge is 0.388 e. The highest BCUT2D eigenvalue weighted by Gasteiger charge is 2.18. The van der Waals surface area contributed by atoms with Gasteiger partial charge in [-0.25, -0.2) is 4.68 Å². The van der Waals surface area contributed by atoms with Crippen molar-refractivity contribution in [3.63, 3.8) is 0 Å². The van der Waals surface area contributed by atoms with Gasteiger partial charge in [0.25, 0.3) is 11.8 Å². The smallest absolute Gasteiger partial charge is 0.293 e. The Morgan fingerprint density at radius 3 is 2.73 bits per heavy atom. The van der Waals surface area contributed by atoms with Gasteiger partial charge in [0, 0.05) is 33.3 Å². The van der Waals surface area contributed by atoms with Crippen molar-refractivity contribution in [3.8, 4) is 0 Å². The molecule has 0 bridgehead atoms. The molecule has 26 heavy (non-hydrogen) atoms. The molecule has 0 saturated heterocycles. The predicted octanol–water partition coefficient (Wildman–Crippen LogP) is -0.970. The number of carbonyl (C=O) groups excluding carboxylic acids is 3. The fraction of sp³-hybridized carbons (Fsp3) is 0.286. The second-order valence-electron chi connectivity index (χ2n) is 5.36. The molecule has 0 aliphatic rings. The van der Waals surface area contributed by atoms with E-state index in [1.807, 2.05) is 0 Å². The Morgan fingerprint density at radius 1 is 1.35 bits per heavy atom. The van der Waals surface area contributed by atoms with Crippen molar-refractivity contribution in [1.82, 2.24) is 24.6 Å². The number of amides is 3. The number of carbonyl (C=O) groups is 3. The molecule has 0 radical (unpaired) electrons. The Kier molecular flexibility index (Phi) is 5.67. The minimum atomic E-state index is -0.548. The minimum absolute atomic E-state index is 0.00579. The molecule has 6 N–H and O–H groups in total. The predicted molar refractivity (Wildman–Crippen MR) is 92.9 cm³/mol. The summed E-state index contributed by atoms with van der Waals surface area (Å²) < 4.78 is 2.77. The molecule has 0 aliphatic carbocycles. The van der Waals surface area contributed by atoms with Crippen LogP contribution in [0.1, 0.15) is 27.5 Å². The normalized spacial score (nSPS) is 10.2. The molecule has 0 fully saturated rings. The van der Waals surface area contributed by atoms with Crippen molar-refractivity contribution in [2.45, 2.75) is 6.42 Å². The zero-order valence-corrected chi connectivity index (χ0v) is 14.2. The van der Waals surface area contributed by atoms with Crippen molar-refractivity contribution in [3.05, 3.63) is 23.8 Å². The van der Waals surface area contributed by atoms with Crippen LogP contribution in [0.2, 0.25) is 0 Å². The molecule has 12 heteroatoms. The summed E-state index contributed by atoms with van der Waals surface area (Å²) in [5, 5.41) is 18.5. The van der Waals surface area contributed by atoms with Crippen molar-refractivity contribution < 1.29 is 14.4 Å². The Labute approximate surface area is 148 Å². The van der Waals surface area contributed by atoms with E-state index in [-0.39, 0.29) is 36.5 Å². The summed E-state index contributed by atoms with van der Waals surface area (Å²) in [6.45, 7) is 0.243. The maximum absolute atomic E-state index is 12.3. The van der Waals surface area contributed by atoms with E-state index in [1.165, 1.54) is 17.8 Å². The first kappa shape index (κ1) is 18.6. The Hall–Kier alpha value is -3.70. The van der Waals surface area contributed by atoms with E-state index in [9.17, 15) is 14.4 Å². The third-order valence-electron chi connectivity index (χ3n) is 3.33. The standard InChI is InChI=1S/C14H19N9O3/c1-22-6-8(5-9(22)12(25)17-4-3-10(15)16)19-13(26)11-20-14(18-7-24)21-23(11)2/h5-7H,3-4H2,1-2H3,(H3,15,16)(H,17,25)(H,19,26)(H,18,21,24). The van der Waals surface area contributed by atoms with E-state index < -0.39 is 5.91 Å². The molecule has 2 aromatic rings. The summed E-state index contributed by atoms with van der Waals surface area (Å²) in [6.07, 6.45) is 2.23. The van der Waals surface area contributed by atoms with Crippen molar-refractivity contribution in [2.75, 3.05) is 17.2 Å². The molecule has 0 unspecified atom stereocenters. The van der Waals surface area contributed by atoms with Crippen molar-refractivity contribution >= 4 is 35.7 Å². The first-order chi connectivity index (χ1) is 12.3. The van der Waals surface area contributed by atoms with Gasteiger partial charge in [-0.2, -0.15) is 4.98 Å². The van der Waals surface area contributed by atoms with E-state index in [0.29, 0.717) is 17.8 Å². The van der Waals surface area contributed by atoms with Crippen LogP contribution in [0.3, 0.4) is 0 Å². The van der Waals surface area contributed by atoms with Crippen LogP contribution in [0.5, 0.6) is 0 Å². The number of nitrogens with one attached hydrogen (secondary N) is 4. The Balaban J connectivity index is 2.06. The van der Waals surface area contributed by atoms with Crippen LogP contribution in [0.15, 0.2) is 12.3 Å². The maximum Gasteiger partial charge on any atom is 0.293 e. The lowest BCUT2D eigenvalue weighted by Crippen LogP contribution is -2.28. The molecule has 0 aliphatic heterocycles. The minimum Gasteiger partial charge on any atom is -0.388 e. The Morgan fingerprint density at radius 2 is 2.08 bits per heavy atom. The second kappa shape index (κ2) is 7.92. The number of hydrogen-bond donors (Lipinski definition) is 5. The number of nitrogens with zero attached hydrogens (tertiary/aromatic N) is 4. The molecule has 0 spiro atoms. The number of aryl methyl sites for hydroxylation is 2. The number of amidine groups is 1. The van der Waals surface area contributed by atoms with Gasteiger partial charge in [-0.3, -0.25) is 25.1 Å². The van der Waals surface area contributed by atoms with Crippen molar-refractivity contribution in [1.29, 1.82) is 5.41 Å². The summed E-state index contributed by atoms with van der Waals surface area (Å²) in [5.74, 6) is -0.923. The van der Waals surface area contributed by atoms with Gasteiger partial charge in [-0.15, -0.1) is 5.10 Å². The highest BCUT2D eigenvalue weighted by molar-refractivity contribution is 6.03. The van der Waals surface area contributed by atoms with Gasteiger partial charge in [0.2, 0.25) is 18.2 Å². The summed E-state index contributed by atoms with van der Waals surface area (Å²) >= 11 is 0. The van der Waals surface area contributed by atoms with Gasteiger partial charge in [0.1, 0.15) is 5.69 Å². The van der Waals surface area contributed by atoms with Crippen LogP contribution in [-0.4, -0.2) is 49.9 Å². The molecule has 12 nitrogen and oxygen atoms in total. The molecular weight excluding hydrogens is 342 g/mol. The first-order valence-corrected chi connectivity index (χ1v) is 7.52. The van der Waals surface area contributed by atoms with Gasteiger partial charge in [0.15, 0.2) is 0 Å². The van der Waals surface area contributed by atoms with E-state index in [2.05, 4.69) is 26.0 Å². The number of hydrogen-bond acceptors (Lipinski definition) is 6. The van der Waals surface area contributed by atoms with Gasteiger partial charge < -0.3 is 20.9 Å². The molecular formula is C14H19N9O3. The molecule has 0 atom stereocenters. The van der Waals surface area contributed by atoms with Crippen LogP contribution >= 0.6 is 0 Å². The molecule has 2 heterocycles. The van der Waals surface area contributed by atoms with E-state index >= 15 is 0 Å². The molecule has 3 amide bonds. The fourth-order valence-electron chi connectivity index (χ4n) is 2.14. The quantitative estimate of drug-likeness (QED) is 0.230. The SMILES string of the molecule is Cn1cc(NC(=O)c2nc(NC=O)nn2C)cc1C(=O)NCCC(=N)N. The average molecular weight is 361 g/mol. The van der Waals surface area contributed by atoms with Crippen molar-refractivity contribution in [2.24, 2.45) is 19.8 Å². The first-order valence-electron chi connectivity index (χ1n) is 7.52. The molecule has 0 saturated carbocycles. The summed E-state index contributed by atoms with van der Waals surface area (Å²) in [6, 6.07) is 1.50. The molecule has 2 aromatic heterocycles. The van der Waals surface area contributed by atoms with E-state index in [0.717, 1.165) is 0 Å². The zero-order chi connectivity index (χ0) is 19.3. The lowest BCUT2D eigenvalue weighted by molar-refractivity contribution is -0.105. The maximum atomic E-state index is 12.3. The van der Waals surface area contributed by atoms with Gasteiger partial charge in [-0.1, -0.05) is 0 Å². The summed E-state index contributed by atoms with van der Waals surface area (Å²) in [7, 11) is 3.17. The lowest BCUT2D eigenvalue weighted by Gasteiger charge is -2.04. The molecule has 138 valence electrons. The summed E-state index contributed by atoms with van der Waals surface area (Å²) in [4.78, 5) is 38.7. The Bertz CT molecular complexity index is 852. The number of nitrogens with two attached hydrogens (primary N) is 1. The summed E-state index contributed by atoms with van der Waals surface area (Å²) in [5.41, 5.74) is 5.95. The van der Waals surface area contributed by atoms with Crippen LogP contribution in [-0.2, 0) is 18.9 Å². The monoisotopic (exact) mass is 361 g/mol. The van der Waals surface area contributed by atoms with Crippen LogP contribution in [0.25, 0.3) is 0 Å². The highest BCUT2D eigenvalue weighted by atomic mass is 16.2. The van der Waals surface area contributed by atoms with Crippen LogP contribution in [0, 0.1) is 5.41 Å². The topological polar surface area (TPSA) is 173 Å². The second-order valence-corrected chi connectivity index (χ2v) is 5.36. The highest BCUT2D eigenvalue weighted by Crippen LogP contribution is 2.14. The van der Waals surface area contributed by atoms with E-state index in [4.69, 9.17) is 11.1 Å². The number of rotatable bonds is 8.